The van der Waals surface area contributed by atoms with E-state index in [0.29, 0.717) is 0 Å². The summed E-state index contributed by atoms with van der Waals surface area (Å²) in [6, 6.07) is 15.5. The van der Waals surface area contributed by atoms with Crippen LogP contribution in [0.1, 0.15) is 41.6 Å². The summed E-state index contributed by atoms with van der Waals surface area (Å²) in [5.41, 5.74) is 3.64. The van der Waals surface area contributed by atoms with Crippen molar-refractivity contribution in [2.45, 2.75) is 42.4 Å². The average molecular weight is 558 g/mol. The molecule has 0 radical (unpaired) electrons. The molecule has 2 N–H and O–H groups in total. The van der Waals surface area contributed by atoms with Gasteiger partial charge in [0.1, 0.15) is 0 Å². The summed E-state index contributed by atoms with van der Waals surface area (Å²) >= 11 is 16.8. The molecule has 2 saturated heterocycles. The van der Waals surface area contributed by atoms with Crippen molar-refractivity contribution in [1.82, 2.24) is 10.2 Å². The molecule has 0 aromatic heterocycles. The van der Waals surface area contributed by atoms with E-state index in [1.54, 1.807) is 0 Å². The van der Waals surface area contributed by atoms with Crippen molar-refractivity contribution in [3.8, 4) is 0 Å². The molecule has 4 atom stereocenters. The zero-order chi connectivity index (χ0) is 25.7. The summed E-state index contributed by atoms with van der Waals surface area (Å²) in [4.78, 5) is 14.2. The molecule has 36 heavy (non-hydrogen) atoms. The summed E-state index contributed by atoms with van der Waals surface area (Å²) in [5, 5.41) is 12.0. The molecule has 0 saturated carbocycles. The molecule has 4 unspecified atom stereocenters. The number of amides is 1. The van der Waals surface area contributed by atoms with Gasteiger partial charge in [-0.3, -0.25) is 9.69 Å². The highest BCUT2D eigenvalue weighted by molar-refractivity contribution is 6.76. The van der Waals surface area contributed by atoms with E-state index in [1.807, 2.05) is 48.5 Å². The number of carbonyl (C=O) groups excluding carboxylic acids is 1. The lowest BCUT2D eigenvalue weighted by atomic mass is 9.90. The van der Waals surface area contributed by atoms with E-state index in [2.05, 4.69) is 17.1 Å². The lowest BCUT2D eigenvalue weighted by Gasteiger charge is -2.43. The van der Waals surface area contributed by atoms with Crippen LogP contribution in [0, 0.1) is 5.92 Å². The van der Waals surface area contributed by atoms with E-state index < -0.39 is 16.0 Å². The summed E-state index contributed by atoms with van der Waals surface area (Å²) in [6.45, 7) is 6.38. The van der Waals surface area contributed by atoms with Gasteiger partial charge >= 0.3 is 0 Å². The fraction of sp³-hybridized carbons (Fsp3) is 0.500. The first-order valence-corrected chi connectivity index (χ1v) is 13.1. The highest BCUT2D eigenvalue weighted by atomic mass is 35.6. The SMILES string of the molecule is CC1C(CN2CCOCC2)OC(c2ccc(CNC(=O)C(Cl)(Cl)Cl)cc2)OC1c1ccc(CO)cc1. The third kappa shape index (κ3) is 7.11. The molecule has 2 aliphatic rings. The van der Waals surface area contributed by atoms with Gasteiger partial charge in [-0.25, -0.2) is 0 Å². The van der Waals surface area contributed by atoms with E-state index in [4.69, 9.17) is 49.0 Å². The number of halogens is 3. The number of ether oxygens (including phenoxy) is 3. The van der Waals surface area contributed by atoms with Crippen LogP contribution in [-0.2, 0) is 32.2 Å². The van der Waals surface area contributed by atoms with Gasteiger partial charge in [0.2, 0.25) is 0 Å². The van der Waals surface area contributed by atoms with Crippen LogP contribution in [0.5, 0.6) is 0 Å². The molecule has 2 heterocycles. The second-order valence-corrected chi connectivity index (χ2v) is 11.4. The Kier molecular flexibility index (Phi) is 9.52. The first kappa shape index (κ1) is 27.6. The van der Waals surface area contributed by atoms with Crippen LogP contribution < -0.4 is 5.32 Å². The molecule has 4 rings (SSSR count). The fourth-order valence-corrected chi connectivity index (χ4v) is 4.64. The quantitative estimate of drug-likeness (QED) is 0.495. The smallest absolute Gasteiger partial charge is 0.272 e. The number of rotatable bonds is 7. The molecular formula is C26H31Cl3N2O5. The Hall–Kier alpha value is -1.42. The summed E-state index contributed by atoms with van der Waals surface area (Å²) < 4.78 is 16.5. The number of benzene rings is 2. The van der Waals surface area contributed by atoms with Gasteiger partial charge in [0.15, 0.2) is 6.29 Å². The molecular weight excluding hydrogens is 527 g/mol. The van der Waals surface area contributed by atoms with Gasteiger partial charge in [-0.2, -0.15) is 0 Å². The van der Waals surface area contributed by atoms with Crippen molar-refractivity contribution >= 4 is 40.7 Å². The molecule has 0 spiro atoms. The first-order valence-electron chi connectivity index (χ1n) is 12.0. The second-order valence-electron chi connectivity index (χ2n) is 9.16. The molecule has 196 valence electrons. The van der Waals surface area contributed by atoms with Crippen molar-refractivity contribution in [2.75, 3.05) is 32.8 Å². The number of aliphatic hydroxyl groups is 1. The minimum absolute atomic E-state index is 0.00121. The van der Waals surface area contributed by atoms with Crippen molar-refractivity contribution in [3.05, 3.63) is 70.8 Å². The number of hydrogen-bond donors (Lipinski definition) is 2. The number of hydrogen-bond acceptors (Lipinski definition) is 6. The van der Waals surface area contributed by atoms with E-state index in [0.717, 1.165) is 55.1 Å². The van der Waals surface area contributed by atoms with Gasteiger partial charge < -0.3 is 24.6 Å². The Balaban J connectivity index is 1.50. The molecule has 0 aliphatic carbocycles. The van der Waals surface area contributed by atoms with Gasteiger partial charge in [-0.15, -0.1) is 0 Å². The third-order valence-corrected chi connectivity index (χ3v) is 7.14. The number of morpholine rings is 1. The standard InChI is InChI=1S/C26H31Cl3N2O5/c1-17-22(15-31-10-12-34-13-11-31)35-24(36-23(17)20-6-4-19(16-32)5-7-20)21-8-2-18(3-9-21)14-30-25(33)26(27,28)29/h2-9,17,22-24,32H,10-16H2,1H3,(H,30,33). The van der Waals surface area contributed by atoms with Crippen molar-refractivity contribution in [1.29, 1.82) is 0 Å². The Morgan fingerprint density at radius 1 is 1.00 bits per heavy atom. The third-order valence-electron chi connectivity index (χ3n) is 6.63. The van der Waals surface area contributed by atoms with E-state index in [1.165, 1.54) is 0 Å². The van der Waals surface area contributed by atoms with Gasteiger partial charge in [0.05, 0.1) is 32.0 Å². The summed E-state index contributed by atoms with van der Waals surface area (Å²) in [5.74, 6) is -0.564. The fourth-order valence-electron chi connectivity index (χ4n) is 4.44. The highest BCUT2D eigenvalue weighted by Crippen LogP contribution is 2.42. The lowest BCUT2D eigenvalue weighted by Crippen LogP contribution is -2.47. The predicted octanol–water partition coefficient (Wildman–Crippen LogP) is 4.29. The maximum Gasteiger partial charge on any atom is 0.272 e. The predicted molar refractivity (Wildman–Crippen MR) is 139 cm³/mol. The molecule has 2 aromatic rings. The molecule has 0 bridgehead atoms. The van der Waals surface area contributed by atoms with E-state index >= 15 is 0 Å². The normalized spacial score (nSPS) is 25.5. The first-order chi connectivity index (χ1) is 17.2. The van der Waals surface area contributed by atoms with Gasteiger partial charge in [-0.05, 0) is 16.7 Å². The average Bonchev–Trinajstić information content (AvgIpc) is 2.89. The van der Waals surface area contributed by atoms with Crippen LogP contribution in [-0.4, -0.2) is 58.7 Å². The summed E-state index contributed by atoms with van der Waals surface area (Å²) in [7, 11) is 0. The van der Waals surface area contributed by atoms with Crippen LogP contribution >= 0.6 is 34.8 Å². The number of aliphatic hydroxyl groups excluding tert-OH is 1. The minimum Gasteiger partial charge on any atom is -0.392 e. The zero-order valence-corrected chi connectivity index (χ0v) is 22.3. The van der Waals surface area contributed by atoms with Crippen LogP contribution in [0.3, 0.4) is 0 Å². The number of nitrogens with one attached hydrogen (secondary N) is 1. The largest absolute Gasteiger partial charge is 0.392 e. The van der Waals surface area contributed by atoms with Gasteiger partial charge in [0.25, 0.3) is 9.70 Å². The Bertz CT molecular complexity index is 994. The number of nitrogens with zero attached hydrogens (tertiary/aromatic N) is 1. The lowest BCUT2D eigenvalue weighted by molar-refractivity contribution is -0.277. The van der Waals surface area contributed by atoms with Gasteiger partial charge in [-0.1, -0.05) is 90.3 Å². The summed E-state index contributed by atoms with van der Waals surface area (Å²) in [6.07, 6.45) is -0.780. The monoisotopic (exact) mass is 556 g/mol. The molecule has 10 heteroatoms. The second kappa shape index (κ2) is 12.4. The molecule has 7 nitrogen and oxygen atoms in total. The minimum atomic E-state index is -2.00. The van der Waals surface area contributed by atoms with Crippen molar-refractivity contribution in [3.63, 3.8) is 0 Å². The molecule has 1 amide bonds. The molecule has 2 aliphatic heterocycles. The Morgan fingerprint density at radius 3 is 2.22 bits per heavy atom. The Morgan fingerprint density at radius 2 is 1.61 bits per heavy atom. The van der Waals surface area contributed by atoms with E-state index in [9.17, 15) is 9.90 Å². The molecule has 2 aromatic carbocycles. The van der Waals surface area contributed by atoms with Crippen LogP contribution in [0.4, 0.5) is 0 Å². The number of carbonyl (C=O) groups is 1. The zero-order valence-electron chi connectivity index (χ0n) is 20.0. The van der Waals surface area contributed by atoms with Crippen LogP contribution in [0.25, 0.3) is 0 Å². The number of alkyl halides is 3. The van der Waals surface area contributed by atoms with Crippen LogP contribution in [0.15, 0.2) is 48.5 Å². The Labute approximate surface area is 226 Å². The highest BCUT2D eigenvalue weighted by Gasteiger charge is 2.39. The molecule has 2 fully saturated rings. The maximum absolute atomic E-state index is 11.8. The maximum atomic E-state index is 11.8. The van der Waals surface area contributed by atoms with Crippen molar-refractivity contribution < 1.29 is 24.1 Å². The van der Waals surface area contributed by atoms with Gasteiger partial charge in [0, 0.05) is 37.7 Å². The van der Waals surface area contributed by atoms with Crippen molar-refractivity contribution in [2.24, 2.45) is 5.92 Å². The topological polar surface area (TPSA) is 80.3 Å². The van der Waals surface area contributed by atoms with Crippen LogP contribution in [0.2, 0.25) is 0 Å². The van der Waals surface area contributed by atoms with E-state index in [-0.39, 0.29) is 31.3 Å².